The van der Waals surface area contributed by atoms with Gasteiger partial charge in [-0.25, -0.2) is 0 Å². The normalized spacial score (nSPS) is 36.4. The molecule has 0 bridgehead atoms. The summed E-state index contributed by atoms with van der Waals surface area (Å²) in [6.07, 6.45) is 4.88. The Bertz CT molecular complexity index is 963. The highest BCUT2D eigenvalue weighted by Gasteiger charge is 2.40. The molecule has 0 aromatic carbocycles. The van der Waals surface area contributed by atoms with E-state index in [1.54, 1.807) is 56.7 Å². The van der Waals surface area contributed by atoms with Crippen molar-refractivity contribution < 1.29 is 0 Å². The lowest BCUT2D eigenvalue weighted by Crippen LogP contribution is -2.20. The maximum atomic E-state index is 3.36. The first-order valence-corrected chi connectivity index (χ1v) is 18.5. The summed E-state index contributed by atoms with van der Waals surface area (Å²) in [6.45, 7) is 52.9. The van der Waals surface area contributed by atoms with Crippen molar-refractivity contribution in [3.05, 3.63) is 69.9 Å². The molecule has 0 heteroatoms. The van der Waals surface area contributed by atoms with Gasteiger partial charge >= 0.3 is 0 Å². The van der Waals surface area contributed by atoms with E-state index in [2.05, 4.69) is 138 Å². The van der Waals surface area contributed by atoms with Crippen molar-refractivity contribution in [1.82, 2.24) is 0 Å². The minimum atomic E-state index is 0. The Morgan fingerprint density at radius 3 is 0.630 bits per heavy atom. The summed E-state index contributed by atoms with van der Waals surface area (Å²) in [6, 6.07) is 0. The standard InChI is InChI=1S/C19H32.2C10H18.2C3H6.CH4/c1-10-11(2)15(6)18(14(10)5)9-19-16(7)12(3)13(4)17(19)8;2*1-6-7(2)9(4)10(5)8(6)3;2*1-3-2;/h10,12,14,16,18-19H,9H2,1-8H3;2*6-8H,1-5H3;2*3H,1H2,2H3;1H4/t10-,12-,14?,16?,18-,19-;2*6?,7-,8+;;;/m1...../s1. The van der Waals surface area contributed by atoms with Gasteiger partial charge in [-0.15, -0.1) is 13.2 Å². The fourth-order valence-corrected chi connectivity index (χ4v) is 8.51. The molecule has 0 aromatic rings. The minimum absolute atomic E-state index is 0. The van der Waals surface area contributed by atoms with Crippen molar-refractivity contribution in [3.63, 3.8) is 0 Å². The first-order valence-electron chi connectivity index (χ1n) is 18.5. The molecule has 4 aliphatic carbocycles. The van der Waals surface area contributed by atoms with Crippen LogP contribution < -0.4 is 0 Å². The third-order valence-corrected chi connectivity index (χ3v) is 14.2. The summed E-state index contributed by atoms with van der Waals surface area (Å²) < 4.78 is 0. The van der Waals surface area contributed by atoms with Gasteiger partial charge in [-0.05, 0) is 147 Å². The molecule has 4 rings (SSSR count). The largest absolute Gasteiger partial charge is 0.103 e. The molecule has 0 saturated heterocycles. The topological polar surface area (TPSA) is 0 Å². The van der Waals surface area contributed by atoms with Gasteiger partial charge in [0.1, 0.15) is 0 Å². The number of rotatable bonds is 2. The summed E-state index contributed by atoms with van der Waals surface area (Å²) in [5.41, 5.74) is 13.2. The third kappa shape index (κ3) is 10.7. The van der Waals surface area contributed by atoms with E-state index in [1.165, 1.54) is 6.42 Å². The summed E-state index contributed by atoms with van der Waals surface area (Å²) in [5.74, 6) is 9.84. The molecule has 0 fully saturated rings. The SMILES string of the molecule is C.C=CC.C=CC.CC1=C(C)[C@H](C)C(C)[C@@H]1C.CC1=C(C)[C@H](C)C(C)[C@@H]1C.CC1=C(C)[C@H](C[C@H]2C(C)=C(C)[C@@H](C)C2C)C(C)[C@@H]1C. The van der Waals surface area contributed by atoms with Crippen molar-refractivity contribution in [2.75, 3.05) is 0 Å². The molecule has 46 heavy (non-hydrogen) atoms. The monoisotopic (exact) mass is 637 g/mol. The van der Waals surface area contributed by atoms with Crippen LogP contribution in [-0.4, -0.2) is 0 Å². The van der Waals surface area contributed by atoms with E-state index in [0.29, 0.717) is 0 Å². The van der Waals surface area contributed by atoms with E-state index in [-0.39, 0.29) is 7.43 Å². The Kier molecular flexibility index (Phi) is 21.0. The highest BCUT2D eigenvalue weighted by molar-refractivity contribution is 5.28. The Labute approximate surface area is 292 Å². The second-order valence-electron chi connectivity index (χ2n) is 15.9. The zero-order valence-corrected chi connectivity index (χ0v) is 34.2. The molecule has 0 heterocycles. The predicted octanol–water partition coefficient (Wildman–Crippen LogP) is 15.4. The van der Waals surface area contributed by atoms with Crippen LogP contribution in [0.15, 0.2) is 69.9 Å². The number of hydrogen-bond acceptors (Lipinski definition) is 0. The van der Waals surface area contributed by atoms with Crippen molar-refractivity contribution in [3.8, 4) is 0 Å². The van der Waals surface area contributed by atoms with E-state index in [9.17, 15) is 0 Å². The molecular weight excluding hydrogens is 553 g/mol. The molecule has 4 unspecified atom stereocenters. The third-order valence-electron chi connectivity index (χ3n) is 14.2. The summed E-state index contributed by atoms with van der Waals surface area (Å²) in [7, 11) is 0. The molecule has 0 radical (unpaired) electrons. The average Bonchev–Trinajstić information content (AvgIpc) is 3.46. The Hall–Kier alpha value is -1.56. The van der Waals surface area contributed by atoms with Crippen LogP contribution >= 0.6 is 0 Å². The van der Waals surface area contributed by atoms with E-state index in [0.717, 1.165) is 71.0 Å². The lowest BCUT2D eigenvalue weighted by atomic mass is 9.76. The van der Waals surface area contributed by atoms with Crippen molar-refractivity contribution in [2.45, 2.75) is 152 Å². The molecular formula is C46H84. The zero-order chi connectivity index (χ0) is 35.7. The number of allylic oxidation sites excluding steroid dienone is 10. The van der Waals surface area contributed by atoms with Gasteiger partial charge in [0.25, 0.3) is 0 Å². The van der Waals surface area contributed by atoms with E-state index in [4.69, 9.17) is 0 Å². The molecule has 0 amide bonds. The fourth-order valence-electron chi connectivity index (χ4n) is 8.51. The predicted molar refractivity (Wildman–Crippen MR) is 215 cm³/mol. The van der Waals surface area contributed by atoms with Gasteiger partial charge in [-0.2, -0.15) is 0 Å². The van der Waals surface area contributed by atoms with Crippen LogP contribution in [0.4, 0.5) is 0 Å². The summed E-state index contributed by atoms with van der Waals surface area (Å²) in [4.78, 5) is 0. The molecule has 0 saturated carbocycles. The molecule has 12 atom stereocenters. The van der Waals surface area contributed by atoms with E-state index >= 15 is 0 Å². The molecule has 0 nitrogen and oxygen atoms in total. The molecule has 268 valence electrons. The Morgan fingerprint density at radius 2 is 0.522 bits per heavy atom. The lowest BCUT2D eigenvalue weighted by Gasteiger charge is -2.28. The van der Waals surface area contributed by atoms with Crippen molar-refractivity contribution >= 4 is 0 Å². The minimum Gasteiger partial charge on any atom is -0.103 e. The van der Waals surface area contributed by atoms with Crippen molar-refractivity contribution in [1.29, 1.82) is 0 Å². The Morgan fingerprint density at radius 1 is 0.370 bits per heavy atom. The first kappa shape index (κ1) is 46.6. The second-order valence-corrected chi connectivity index (χ2v) is 15.9. The van der Waals surface area contributed by atoms with Crippen LogP contribution in [-0.2, 0) is 0 Å². The lowest BCUT2D eigenvalue weighted by molar-refractivity contribution is 0.267. The van der Waals surface area contributed by atoms with Crippen LogP contribution in [0.1, 0.15) is 152 Å². The average molecular weight is 637 g/mol. The van der Waals surface area contributed by atoms with Gasteiger partial charge in [0.05, 0.1) is 0 Å². The van der Waals surface area contributed by atoms with Gasteiger partial charge in [0.15, 0.2) is 0 Å². The first-order chi connectivity index (χ1) is 20.7. The van der Waals surface area contributed by atoms with Gasteiger partial charge < -0.3 is 0 Å². The van der Waals surface area contributed by atoms with Gasteiger partial charge in [0, 0.05) is 0 Å². The fraction of sp³-hybridized carbons (Fsp3) is 0.739. The van der Waals surface area contributed by atoms with Crippen LogP contribution in [0.2, 0.25) is 0 Å². The molecule has 0 aromatic heterocycles. The summed E-state index contributed by atoms with van der Waals surface area (Å²) in [5, 5.41) is 0. The molecule has 4 aliphatic rings. The molecule has 0 aliphatic heterocycles. The molecule has 0 spiro atoms. The maximum absolute atomic E-state index is 3.36. The van der Waals surface area contributed by atoms with Crippen LogP contribution in [0.5, 0.6) is 0 Å². The number of hydrogen-bond donors (Lipinski definition) is 0. The maximum Gasteiger partial charge on any atom is -0.0166 e. The summed E-state index contributed by atoms with van der Waals surface area (Å²) >= 11 is 0. The van der Waals surface area contributed by atoms with Gasteiger partial charge in [-0.3, -0.25) is 0 Å². The second kappa shape index (κ2) is 20.7. The van der Waals surface area contributed by atoms with Crippen LogP contribution in [0, 0.1) is 71.0 Å². The van der Waals surface area contributed by atoms with Crippen LogP contribution in [0.25, 0.3) is 0 Å². The Balaban J connectivity index is 0. The van der Waals surface area contributed by atoms with E-state index in [1.807, 2.05) is 13.8 Å². The highest BCUT2D eigenvalue weighted by Crippen LogP contribution is 2.50. The molecule has 0 N–H and O–H groups in total. The quantitative estimate of drug-likeness (QED) is 0.265. The highest BCUT2D eigenvalue weighted by atomic mass is 14.4. The van der Waals surface area contributed by atoms with Crippen LogP contribution in [0.3, 0.4) is 0 Å². The smallest absolute Gasteiger partial charge is 0.0166 e. The van der Waals surface area contributed by atoms with Crippen molar-refractivity contribution in [2.24, 2.45) is 71.0 Å². The zero-order valence-electron chi connectivity index (χ0n) is 34.2. The van der Waals surface area contributed by atoms with E-state index < -0.39 is 0 Å². The van der Waals surface area contributed by atoms with Gasteiger partial charge in [0.2, 0.25) is 0 Å². The van der Waals surface area contributed by atoms with Gasteiger partial charge in [-0.1, -0.05) is 133 Å².